The van der Waals surface area contributed by atoms with Gasteiger partial charge in [0.15, 0.2) is 0 Å². The monoisotopic (exact) mass is 426 g/mol. The fraction of sp³-hybridized carbons (Fsp3) is 0.364. The van der Waals surface area contributed by atoms with E-state index < -0.39 is 11.0 Å². The molecule has 1 fully saturated rings. The normalized spacial score (nSPS) is 28.1. The number of rotatable bonds is 1. The lowest BCUT2D eigenvalue weighted by Crippen LogP contribution is -2.65. The first-order valence-corrected chi connectivity index (χ1v) is 10.2. The first-order valence-electron chi connectivity index (χ1n) is 9.40. The highest BCUT2D eigenvalue weighted by Crippen LogP contribution is 2.51. The number of hydrogen-bond donors (Lipinski definition) is 3. The molecule has 3 N–H and O–H groups in total. The molecule has 1 saturated heterocycles. The van der Waals surface area contributed by atoms with Crippen LogP contribution in [0.3, 0.4) is 0 Å². The number of aromatic hydroxyl groups is 1. The molecule has 0 saturated carbocycles. The summed E-state index contributed by atoms with van der Waals surface area (Å²) >= 11 is 3.58. The SMILES string of the molecule is CN1CCC2(c3cccc(O)c3)Cc3[nH]c4ccc(Br)cc4c3CC2(O)C1. The molecule has 0 spiro atoms. The summed E-state index contributed by atoms with van der Waals surface area (Å²) in [5, 5.41) is 23.3. The van der Waals surface area contributed by atoms with Gasteiger partial charge in [0.25, 0.3) is 0 Å². The van der Waals surface area contributed by atoms with Crippen molar-refractivity contribution in [1.82, 2.24) is 9.88 Å². The number of halogens is 1. The third-order valence-corrected chi connectivity index (χ3v) is 7.14. The second-order valence-electron chi connectivity index (χ2n) is 8.28. The first-order chi connectivity index (χ1) is 12.9. The van der Waals surface area contributed by atoms with Gasteiger partial charge in [-0.15, -0.1) is 0 Å². The Morgan fingerprint density at radius 3 is 2.81 bits per heavy atom. The zero-order valence-electron chi connectivity index (χ0n) is 15.3. The van der Waals surface area contributed by atoms with Gasteiger partial charge in [0.05, 0.1) is 5.60 Å². The van der Waals surface area contributed by atoms with Gasteiger partial charge < -0.3 is 20.1 Å². The number of nitrogens with zero attached hydrogens (tertiary/aromatic N) is 1. The average Bonchev–Trinajstić information content (AvgIpc) is 2.95. The molecular weight excluding hydrogens is 404 g/mol. The Hall–Kier alpha value is -1.82. The average molecular weight is 427 g/mol. The van der Waals surface area contributed by atoms with E-state index in [1.165, 1.54) is 16.6 Å². The molecule has 2 aliphatic rings. The molecule has 5 heteroatoms. The number of β-amino-alcohol motifs (C(OH)–C–C–N with tert-alkyl or cyclic N) is 1. The van der Waals surface area contributed by atoms with E-state index in [0.717, 1.165) is 34.9 Å². The third kappa shape index (κ3) is 2.49. The topological polar surface area (TPSA) is 59.5 Å². The predicted octanol–water partition coefficient (Wildman–Crippen LogP) is 3.74. The van der Waals surface area contributed by atoms with Crippen molar-refractivity contribution in [2.24, 2.45) is 0 Å². The number of likely N-dealkylation sites (tertiary alicyclic amines) is 1. The second kappa shape index (κ2) is 5.84. The van der Waals surface area contributed by atoms with E-state index in [1.807, 2.05) is 18.2 Å². The maximum absolute atomic E-state index is 12.0. The van der Waals surface area contributed by atoms with Gasteiger partial charge in [-0.3, -0.25) is 0 Å². The van der Waals surface area contributed by atoms with Crippen LogP contribution in [-0.2, 0) is 18.3 Å². The number of aromatic nitrogens is 1. The van der Waals surface area contributed by atoms with Crippen LogP contribution < -0.4 is 0 Å². The van der Waals surface area contributed by atoms with Crippen LogP contribution >= 0.6 is 15.9 Å². The van der Waals surface area contributed by atoms with Gasteiger partial charge in [0.2, 0.25) is 0 Å². The van der Waals surface area contributed by atoms with Crippen LogP contribution in [0.1, 0.15) is 23.2 Å². The number of aliphatic hydroxyl groups is 1. The molecule has 0 amide bonds. The van der Waals surface area contributed by atoms with E-state index >= 15 is 0 Å². The Morgan fingerprint density at radius 2 is 2.00 bits per heavy atom. The fourth-order valence-electron chi connectivity index (χ4n) is 5.31. The molecule has 4 nitrogen and oxygen atoms in total. The van der Waals surface area contributed by atoms with Gasteiger partial charge in [0.1, 0.15) is 5.75 Å². The van der Waals surface area contributed by atoms with Crippen LogP contribution in [0, 0.1) is 0 Å². The number of fused-ring (bicyclic) bond motifs is 4. The second-order valence-corrected chi connectivity index (χ2v) is 9.19. The molecule has 0 bridgehead atoms. The molecule has 140 valence electrons. The molecule has 1 aliphatic carbocycles. The Labute approximate surface area is 167 Å². The number of aromatic amines is 1. The van der Waals surface area contributed by atoms with Crippen LogP contribution in [0.4, 0.5) is 0 Å². The smallest absolute Gasteiger partial charge is 0.115 e. The number of benzene rings is 2. The van der Waals surface area contributed by atoms with Gasteiger partial charge in [0, 0.05) is 45.9 Å². The highest BCUT2D eigenvalue weighted by molar-refractivity contribution is 9.10. The lowest BCUT2D eigenvalue weighted by molar-refractivity contribution is -0.0972. The Balaban J connectivity index is 1.73. The van der Waals surface area contributed by atoms with E-state index in [0.29, 0.717) is 13.0 Å². The standard InChI is InChI=1S/C22H23BrN2O2/c1-25-8-7-21(14-3-2-4-16(26)9-14)12-20-18(11-22(21,27)13-25)17-10-15(23)5-6-19(17)24-20/h2-6,9-10,24,26-27H,7-8,11-13H2,1H3. The quantitative estimate of drug-likeness (QED) is 0.555. The predicted molar refractivity (Wildman–Crippen MR) is 110 cm³/mol. The van der Waals surface area contributed by atoms with Crippen molar-refractivity contribution in [3.63, 3.8) is 0 Å². The van der Waals surface area contributed by atoms with Crippen LogP contribution in [0.2, 0.25) is 0 Å². The Kier molecular flexibility index (Phi) is 3.74. The lowest BCUT2D eigenvalue weighted by Gasteiger charge is -2.55. The molecule has 1 aliphatic heterocycles. The van der Waals surface area contributed by atoms with Crippen LogP contribution in [0.25, 0.3) is 10.9 Å². The highest BCUT2D eigenvalue weighted by atomic mass is 79.9. The molecule has 2 heterocycles. The Morgan fingerprint density at radius 1 is 1.15 bits per heavy atom. The summed E-state index contributed by atoms with van der Waals surface area (Å²) in [7, 11) is 2.08. The number of nitrogens with one attached hydrogen (secondary N) is 1. The van der Waals surface area contributed by atoms with Crippen molar-refractivity contribution in [2.45, 2.75) is 30.3 Å². The summed E-state index contributed by atoms with van der Waals surface area (Å²) in [6, 6.07) is 13.8. The van der Waals surface area contributed by atoms with Crippen LogP contribution in [-0.4, -0.2) is 45.8 Å². The number of hydrogen-bond acceptors (Lipinski definition) is 3. The van der Waals surface area contributed by atoms with Crippen molar-refractivity contribution in [1.29, 1.82) is 0 Å². The summed E-state index contributed by atoms with van der Waals surface area (Å²) in [4.78, 5) is 5.82. The molecule has 27 heavy (non-hydrogen) atoms. The fourth-order valence-corrected chi connectivity index (χ4v) is 5.67. The maximum Gasteiger partial charge on any atom is 0.115 e. The van der Waals surface area contributed by atoms with Crippen molar-refractivity contribution < 1.29 is 10.2 Å². The van der Waals surface area contributed by atoms with E-state index in [9.17, 15) is 10.2 Å². The highest BCUT2D eigenvalue weighted by Gasteiger charge is 2.57. The third-order valence-electron chi connectivity index (χ3n) is 6.65. The van der Waals surface area contributed by atoms with Crippen LogP contribution in [0.5, 0.6) is 5.75 Å². The van der Waals surface area contributed by atoms with Gasteiger partial charge in [-0.2, -0.15) is 0 Å². The molecule has 2 unspecified atom stereocenters. The van der Waals surface area contributed by atoms with E-state index in [4.69, 9.17) is 0 Å². The van der Waals surface area contributed by atoms with Crippen molar-refractivity contribution >= 4 is 26.8 Å². The minimum Gasteiger partial charge on any atom is -0.508 e. The summed E-state index contributed by atoms with van der Waals surface area (Å²) < 4.78 is 1.05. The van der Waals surface area contributed by atoms with Gasteiger partial charge >= 0.3 is 0 Å². The Bertz CT molecular complexity index is 1050. The van der Waals surface area contributed by atoms with E-state index in [1.54, 1.807) is 6.07 Å². The molecule has 2 aromatic carbocycles. The van der Waals surface area contributed by atoms with Crippen molar-refractivity contribution in [2.75, 3.05) is 20.1 Å². The minimum absolute atomic E-state index is 0.259. The number of phenols is 1. The molecule has 0 radical (unpaired) electrons. The molecule has 2 atom stereocenters. The van der Waals surface area contributed by atoms with Crippen molar-refractivity contribution in [3.8, 4) is 5.75 Å². The summed E-state index contributed by atoms with van der Waals surface area (Å²) in [6.07, 6.45) is 2.23. The summed E-state index contributed by atoms with van der Waals surface area (Å²) in [5.74, 6) is 0.259. The van der Waals surface area contributed by atoms with Gasteiger partial charge in [-0.05, 0) is 61.5 Å². The largest absolute Gasteiger partial charge is 0.508 e. The molecular formula is C22H23BrN2O2. The first kappa shape index (κ1) is 17.3. The van der Waals surface area contributed by atoms with Gasteiger partial charge in [-0.1, -0.05) is 28.1 Å². The van der Waals surface area contributed by atoms with E-state index in [-0.39, 0.29) is 5.75 Å². The van der Waals surface area contributed by atoms with Crippen molar-refractivity contribution in [3.05, 3.63) is 63.8 Å². The number of piperidine rings is 1. The summed E-state index contributed by atoms with van der Waals surface area (Å²) in [6.45, 7) is 1.56. The lowest BCUT2D eigenvalue weighted by atomic mass is 9.56. The minimum atomic E-state index is -0.877. The zero-order valence-corrected chi connectivity index (χ0v) is 16.9. The van der Waals surface area contributed by atoms with Gasteiger partial charge in [-0.25, -0.2) is 0 Å². The molecule has 1 aromatic heterocycles. The van der Waals surface area contributed by atoms with E-state index in [2.05, 4.69) is 51.1 Å². The van der Waals surface area contributed by atoms with Crippen LogP contribution in [0.15, 0.2) is 46.9 Å². The molecule has 3 aromatic rings. The number of H-pyrrole nitrogens is 1. The maximum atomic E-state index is 12.0. The number of phenolic OH excluding ortho intramolecular Hbond substituents is 1. The number of likely N-dealkylation sites (N-methyl/N-ethyl adjacent to an activating group) is 1. The summed E-state index contributed by atoms with van der Waals surface area (Å²) in [5.41, 5.74) is 3.30. The molecule has 5 rings (SSSR count). The zero-order chi connectivity index (χ0) is 18.8.